The Bertz CT molecular complexity index is 726. The lowest BCUT2D eigenvalue weighted by atomic mass is 10.2. The predicted octanol–water partition coefficient (Wildman–Crippen LogP) is 3.59. The second-order valence-corrected chi connectivity index (χ2v) is 7.62. The summed E-state index contributed by atoms with van der Waals surface area (Å²) < 4.78 is 0. The SMILES string of the molecule is Cc1ccsc1/C=N/NC(=O)CCCCC(=O)N/N=C/c1sccc1C. The van der Waals surface area contributed by atoms with Gasteiger partial charge in [-0.05, 0) is 60.7 Å². The number of rotatable bonds is 9. The maximum Gasteiger partial charge on any atom is 0.240 e. The van der Waals surface area contributed by atoms with Crippen molar-refractivity contribution < 1.29 is 9.59 Å². The lowest BCUT2D eigenvalue weighted by molar-refractivity contribution is -0.123. The minimum atomic E-state index is -0.151. The van der Waals surface area contributed by atoms with E-state index in [1.54, 1.807) is 35.1 Å². The molecule has 2 aromatic heterocycles. The Kier molecular flexibility index (Phi) is 8.17. The van der Waals surface area contributed by atoms with E-state index in [2.05, 4.69) is 21.1 Å². The van der Waals surface area contributed by atoms with Crippen molar-refractivity contribution in [2.24, 2.45) is 10.2 Å². The van der Waals surface area contributed by atoms with Gasteiger partial charge in [-0.1, -0.05) is 0 Å². The molecule has 0 aliphatic carbocycles. The van der Waals surface area contributed by atoms with Gasteiger partial charge in [0.05, 0.1) is 12.4 Å². The van der Waals surface area contributed by atoms with Gasteiger partial charge in [-0.2, -0.15) is 10.2 Å². The van der Waals surface area contributed by atoms with Crippen molar-refractivity contribution in [3.63, 3.8) is 0 Å². The molecule has 6 nitrogen and oxygen atoms in total. The van der Waals surface area contributed by atoms with Crippen LogP contribution in [0, 0.1) is 13.8 Å². The smallest absolute Gasteiger partial charge is 0.240 e. The number of hydrogen-bond donors (Lipinski definition) is 2. The topological polar surface area (TPSA) is 82.9 Å². The number of carbonyl (C=O) groups is 2. The number of amides is 2. The van der Waals surface area contributed by atoms with E-state index in [-0.39, 0.29) is 11.8 Å². The van der Waals surface area contributed by atoms with Gasteiger partial charge >= 0.3 is 0 Å². The standard InChI is InChI=1S/C18H22N4O2S2/c1-13-7-9-25-15(13)11-19-21-17(23)5-3-4-6-18(24)22-20-12-16-14(2)8-10-26-16/h7-12H,3-6H2,1-2H3,(H,21,23)(H,22,24)/b19-11+,20-12+. The van der Waals surface area contributed by atoms with Crippen LogP contribution in [0.2, 0.25) is 0 Å². The molecule has 2 amide bonds. The number of aryl methyl sites for hydroxylation is 2. The predicted molar refractivity (Wildman–Crippen MR) is 108 cm³/mol. The van der Waals surface area contributed by atoms with Crippen LogP contribution in [0.3, 0.4) is 0 Å². The van der Waals surface area contributed by atoms with Gasteiger partial charge in [0.2, 0.25) is 11.8 Å². The molecule has 0 atom stereocenters. The lowest BCUT2D eigenvalue weighted by Gasteiger charge is -2.01. The van der Waals surface area contributed by atoms with Gasteiger partial charge in [0.1, 0.15) is 0 Å². The summed E-state index contributed by atoms with van der Waals surface area (Å²) in [5.74, 6) is -0.302. The van der Waals surface area contributed by atoms with Crippen molar-refractivity contribution in [1.82, 2.24) is 10.9 Å². The van der Waals surface area contributed by atoms with Gasteiger partial charge in [0.15, 0.2) is 0 Å². The molecule has 0 aliphatic rings. The fourth-order valence-corrected chi connectivity index (χ4v) is 3.61. The van der Waals surface area contributed by atoms with Crippen LogP contribution in [0.4, 0.5) is 0 Å². The third-order valence-corrected chi connectivity index (χ3v) is 5.51. The molecule has 2 N–H and O–H groups in total. The van der Waals surface area contributed by atoms with Crippen molar-refractivity contribution in [3.05, 3.63) is 43.8 Å². The molecule has 2 aromatic rings. The van der Waals surface area contributed by atoms with Crippen LogP contribution in [0.25, 0.3) is 0 Å². The first-order valence-corrected chi connectivity index (χ1v) is 10.0. The molecule has 8 heteroatoms. The summed E-state index contributed by atoms with van der Waals surface area (Å²) >= 11 is 3.15. The van der Waals surface area contributed by atoms with Crippen LogP contribution in [0.15, 0.2) is 33.1 Å². The summed E-state index contributed by atoms with van der Waals surface area (Å²) in [7, 11) is 0. The summed E-state index contributed by atoms with van der Waals surface area (Å²) in [6.07, 6.45) is 5.23. The van der Waals surface area contributed by atoms with Gasteiger partial charge < -0.3 is 0 Å². The van der Waals surface area contributed by atoms with Gasteiger partial charge in [0.25, 0.3) is 0 Å². The average molecular weight is 391 g/mol. The van der Waals surface area contributed by atoms with Crippen LogP contribution in [0.5, 0.6) is 0 Å². The molecule has 0 radical (unpaired) electrons. The number of thiophene rings is 2. The Morgan fingerprint density at radius 1 is 0.885 bits per heavy atom. The molecule has 0 aliphatic heterocycles. The highest BCUT2D eigenvalue weighted by atomic mass is 32.1. The molecule has 2 rings (SSSR count). The van der Waals surface area contributed by atoms with E-state index in [0.717, 1.165) is 20.9 Å². The van der Waals surface area contributed by atoms with Gasteiger partial charge in [-0.3, -0.25) is 9.59 Å². The highest BCUT2D eigenvalue weighted by Crippen LogP contribution is 2.13. The number of nitrogens with zero attached hydrogens (tertiary/aromatic N) is 2. The second-order valence-electron chi connectivity index (χ2n) is 5.73. The fraction of sp³-hybridized carbons (Fsp3) is 0.333. The number of hydrogen-bond acceptors (Lipinski definition) is 6. The van der Waals surface area contributed by atoms with E-state index in [0.29, 0.717) is 25.7 Å². The molecule has 0 saturated heterocycles. The Labute approximate surface area is 161 Å². The van der Waals surface area contributed by atoms with Gasteiger partial charge in [0, 0.05) is 22.6 Å². The second kappa shape index (κ2) is 10.6. The van der Waals surface area contributed by atoms with E-state index < -0.39 is 0 Å². The summed E-state index contributed by atoms with van der Waals surface area (Å²) in [6, 6.07) is 4.01. The zero-order chi connectivity index (χ0) is 18.8. The zero-order valence-corrected chi connectivity index (χ0v) is 16.5. The van der Waals surface area contributed by atoms with Crippen molar-refractivity contribution in [3.8, 4) is 0 Å². The van der Waals surface area contributed by atoms with Crippen molar-refractivity contribution in [2.75, 3.05) is 0 Å². The molecule has 2 heterocycles. The monoisotopic (exact) mass is 390 g/mol. The number of unbranched alkanes of at least 4 members (excludes halogenated alkanes) is 1. The molecule has 0 fully saturated rings. The molecule has 0 aromatic carbocycles. The van der Waals surface area contributed by atoms with E-state index in [9.17, 15) is 9.59 Å². The molecular weight excluding hydrogens is 368 g/mol. The maximum atomic E-state index is 11.7. The summed E-state index contributed by atoms with van der Waals surface area (Å²) in [6.45, 7) is 3.99. The highest BCUT2D eigenvalue weighted by Gasteiger charge is 2.03. The van der Waals surface area contributed by atoms with Crippen LogP contribution in [-0.4, -0.2) is 24.2 Å². The first kappa shape index (κ1) is 20.0. The maximum absolute atomic E-state index is 11.7. The van der Waals surface area contributed by atoms with E-state index >= 15 is 0 Å². The minimum absolute atomic E-state index is 0.151. The lowest BCUT2D eigenvalue weighted by Crippen LogP contribution is -2.18. The minimum Gasteiger partial charge on any atom is -0.273 e. The summed E-state index contributed by atoms with van der Waals surface area (Å²) in [4.78, 5) is 25.4. The molecule has 0 spiro atoms. The number of hydrazone groups is 2. The largest absolute Gasteiger partial charge is 0.273 e. The van der Waals surface area contributed by atoms with Gasteiger partial charge in [-0.15, -0.1) is 22.7 Å². The molecule has 0 saturated carbocycles. The normalized spacial score (nSPS) is 11.3. The Morgan fingerprint density at radius 2 is 1.31 bits per heavy atom. The number of carbonyl (C=O) groups excluding carboxylic acids is 2. The molecule has 138 valence electrons. The Hall–Kier alpha value is -2.32. The first-order chi connectivity index (χ1) is 12.6. The molecule has 26 heavy (non-hydrogen) atoms. The summed E-state index contributed by atoms with van der Waals surface area (Å²) in [5, 5.41) is 11.9. The third-order valence-electron chi connectivity index (χ3n) is 3.60. The first-order valence-electron chi connectivity index (χ1n) is 8.28. The quantitative estimate of drug-likeness (QED) is 0.390. The van der Waals surface area contributed by atoms with Crippen molar-refractivity contribution >= 4 is 46.9 Å². The molecule has 0 unspecified atom stereocenters. The van der Waals surface area contributed by atoms with Crippen LogP contribution in [0.1, 0.15) is 46.6 Å². The van der Waals surface area contributed by atoms with Crippen LogP contribution >= 0.6 is 22.7 Å². The van der Waals surface area contributed by atoms with E-state index in [1.165, 1.54) is 0 Å². The Balaban J connectivity index is 1.56. The van der Waals surface area contributed by atoms with Crippen LogP contribution in [-0.2, 0) is 9.59 Å². The zero-order valence-electron chi connectivity index (χ0n) is 14.8. The van der Waals surface area contributed by atoms with Crippen LogP contribution < -0.4 is 10.9 Å². The highest BCUT2D eigenvalue weighted by molar-refractivity contribution is 7.12. The van der Waals surface area contributed by atoms with E-state index in [4.69, 9.17) is 0 Å². The fourth-order valence-electron chi connectivity index (χ4n) is 2.04. The van der Waals surface area contributed by atoms with E-state index in [1.807, 2.05) is 36.7 Å². The molecular formula is C18H22N4O2S2. The average Bonchev–Trinajstić information content (AvgIpc) is 3.20. The Morgan fingerprint density at radius 3 is 1.65 bits per heavy atom. The van der Waals surface area contributed by atoms with Gasteiger partial charge in [-0.25, -0.2) is 10.9 Å². The van der Waals surface area contributed by atoms with Crippen molar-refractivity contribution in [1.29, 1.82) is 0 Å². The number of nitrogens with one attached hydrogen (secondary N) is 2. The molecule has 0 bridgehead atoms. The van der Waals surface area contributed by atoms with Crippen molar-refractivity contribution in [2.45, 2.75) is 39.5 Å². The summed E-state index contributed by atoms with van der Waals surface area (Å²) in [5.41, 5.74) is 7.28. The third kappa shape index (κ3) is 6.89.